The van der Waals surface area contributed by atoms with Crippen LogP contribution in [0.5, 0.6) is 5.75 Å². The van der Waals surface area contributed by atoms with Crippen molar-refractivity contribution >= 4 is 39.1 Å². The minimum absolute atomic E-state index is 0.213. The molecular weight excluding hydrogens is 392 g/mol. The Balaban J connectivity index is 1.66. The van der Waals surface area contributed by atoms with Crippen LogP contribution in [0.4, 0.5) is 0 Å². The van der Waals surface area contributed by atoms with Crippen LogP contribution in [0.15, 0.2) is 46.3 Å². The van der Waals surface area contributed by atoms with E-state index in [0.717, 1.165) is 17.3 Å². The molecule has 0 aliphatic rings. The highest BCUT2D eigenvalue weighted by molar-refractivity contribution is 9.10. The lowest BCUT2D eigenvalue weighted by atomic mass is 10.2. The van der Waals surface area contributed by atoms with E-state index in [4.69, 9.17) is 4.74 Å². The summed E-state index contributed by atoms with van der Waals surface area (Å²) >= 11 is 5.02. The maximum absolute atomic E-state index is 11.9. The molecule has 0 spiro atoms. The molecule has 2 rings (SSSR count). The Labute approximate surface area is 153 Å². The quantitative estimate of drug-likeness (QED) is 0.686. The molecule has 5 nitrogen and oxygen atoms in total. The molecule has 1 aromatic carbocycles. The lowest BCUT2D eigenvalue weighted by Gasteiger charge is -2.15. The Bertz CT molecular complexity index is 676. The van der Waals surface area contributed by atoms with Crippen molar-refractivity contribution in [3.8, 4) is 5.75 Å². The van der Waals surface area contributed by atoms with Crippen LogP contribution in [0.1, 0.15) is 24.6 Å². The van der Waals surface area contributed by atoms with Gasteiger partial charge in [0, 0.05) is 15.8 Å². The maximum atomic E-state index is 11.9. The first-order chi connectivity index (χ1) is 11.5. The highest BCUT2D eigenvalue weighted by Gasteiger charge is 2.15. The molecule has 1 atom stereocenters. The molecule has 2 aromatic rings. The van der Waals surface area contributed by atoms with Gasteiger partial charge in [-0.15, -0.1) is 11.3 Å². The summed E-state index contributed by atoms with van der Waals surface area (Å²) in [6, 6.07) is 11.3. The summed E-state index contributed by atoms with van der Waals surface area (Å²) in [5.74, 6) is -0.0366. The number of rotatable bonds is 7. The summed E-state index contributed by atoms with van der Waals surface area (Å²) in [6.07, 6.45) is 1.25. The van der Waals surface area contributed by atoms with E-state index in [9.17, 15) is 9.59 Å². The fourth-order valence-electron chi connectivity index (χ4n) is 1.97. The molecule has 2 N–H and O–H groups in total. The first-order valence-electron chi connectivity index (χ1n) is 7.58. The van der Waals surface area contributed by atoms with E-state index in [1.165, 1.54) is 4.88 Å². The van der Waals surface area contributed by atoms with E-state index >= 15 is 0 Å². The predicted molar refractivity (Wildman–Crippen MR) is 97.8 cm³/mol. The van der Waals surface area contributed by atoms with E-state index in [-0.39, 0.29) is 5.91 Å². The third-order valence-corrected chi connectivity index (χ3v) is 4.64. The van der Waals surface area contributed by atoms with Crippen LogP contribution in [0.3, 0.4) is 0 Å². The average Bonchev–Trinajstić information content (AvgIpc) is 3.06. The van der Waals surface area contributed by atoms with Crippen LogP contribution < -0.4 is 15.6 Å². The summed E-state index contributed by atoms with van der Waals surface area (Å²) < 4.78 is 6.39. The third kappa shape index (κ3) is 6.33. The number of thiophene rings is 1. The normalized spacial score (nSPS) is 11.6. The van der Waals surface area contributed by atoms with Crippen molar-refractivity contribution in [3.05, 3.63) is 51.1 Å². The number of ether oxygens (including phenoxy) is 1. The van der Waals surface area contributed by atoms with Crippen molar-refractivity contribution in [2.75, 3.05) is 0 Å². The van der Waals surface area contributed by atoms with Crippen molar-refractivity contribution in [1.29, 1.82) is 0 Å². The van der Waals surface area contributed by atoms with Gasteiger partial charge in [-0.1, -0.05) is 28.1 Å². The minimum atomic E-state index is -0.717. The first-order valence-corrected chi connectivity index (χ1v) is 9.25. The summed E-state index contributed by atoms with van der Waals surface area (Å²) in [5.41, 5.74) is 4.80. The molecule has 0 aliphatic heterocycles. The smallest absolute Gasteiger partial charge is 0.279 e. The molecule has 2 amide bonds. The molecule has 0 bridgehead atoms. The minimum Gasteiger partial charge on any atom is -0.481 e. The van der Waals surface area contributed by atoms with Crippen LogP contribution in [0.25, 0.3) is 0 Å². The van der Waals surface area contributed by atoms with E-state index in [1.807, 2.05) is 29.6 Å². The fourth-order valence-corrected chi connectivity index (χ4v) is 3.10. The summed E-state index contributed by atoms with van der Waals surface area (Å²) in [6.45, 7) is 1.62. The van der Waals surface area contributed by atoms with Crippen molar-refractivity contribution in [3.63, 3.8) is 0 Å². The molecule has 1 aromatic heterocycles. The molecule has 0 saturated carbocycles. The van der Waals surface area contributed by atoms with Gasteiger partial charge in [0.1, 0.15) is 5.75 Å². The SMILES string of the molecule is CC(Oc1cccc(Br)c1)C(=O)NNC(=O)CCCc1cccs1. The van der Waals surface area contributed by atoms with Crippen molar-refractivity contribution in [2.24, 2.45) is 0 Å². The van der Waals surface area contributed by atoms with Gasteiger partial charge in [-0.25, -0.2) is 0 Å². The zero-order valence-corrected chi connectivity index (χ0v) is 15.7. The van der Waals surface area contributed by atoms with Crippen molar-refractivity contribution < 1.29 is 14.3 Å². The highest BCUT2D eigenvalue weighted by Crippen LogP contribution is 2.18. The largest absolute Gasteiger partial charge is 0.481 e. The average molecular weight is 411 g/mol. The Morgan fingerprint density at radius 2 is 2.08 bits per heavy atom. The van der Waals surface area contributed by atoms with Crippen molar-refractivity contribution in [2.45, 2.75) is 32.3 Å². The molecular formula is C17H19BrN2O3S. The van der Waals surface area contributed by atoms with Gasteiger partial charge in [0.15, 0.2) is 6.10 Å². The third-order valence-electron chi connectivity index (χ3n) is 3.21. The zero-order valence-electron chi connectivity index (χ0n) is 13.3. The molecule has 24 heavy (non-hydrogen) atoms. The topological polar surface area (TPSA) is 67.4 Å². The number of hydrazine groups is 1. The van der Waals surface area contributed by atoms with Crippen LogP contribution >= 0.6 is 27.3 Å². The van der Waals surface area contributed by atoms with Crippen molar-refractivity contribution in [1.82, 2.24) is 10.9 Å². The van der Waals surface area contributed by atoms with E-state index in [2.05, 4.69) is 26.8 Å². The maximum Gasteiger partial charge on any atom is 0.279 e. The number of carbonyl (C=O) groups is 2. The zero-order chi connectivity index (χ0) is 17.4. The first kappa shape index (κ1) is 18.5. The Morgan fingerprint density at radius 1 is 1.25 bits per heavy atom. The summed E-state index contributed by atoms with van der Waals surface area (Å²) in [4.78, 5) is 24.9. The molecule has 0 radical (unpaired) electrons. The number of hydrogen-bond acceptors (Lipinski definition) is 4. The summed E-state index contributed by atoms with van der Waals surface area (Å²) in [5, 5.41) is 2.02. The molecule has 1 heterocycles. The van der Waals surface area contributed by atoms with Crippen LogP contribution in [0, 0.1) is 0 Å². The molecule has 7 heteroatoms. The number of hydrogen-bond donors (Lipinski definition) is 2. The lowest BCUT2D eigenvalue weighted by Crippen LogP contribution is -2.47. The van der Waals surface area contributed by atoms with Gasteiger partial charge in [-0.05, 0) is 49.4 Å². The Morgan fingerprint density at radius 3 is 2.79 bits per heavy atom. The molecule has 0 saturated heterocycles. The van der Waals surface area contributed by atoms with Gasteiger partial charge in [-0.2, -0.15) is 0 Å². The second kappa shape index (κ2) is 9.44. The predicted octanol–water partition coefficient (Wildman–Crippen LogP) is 3.45. The van der Waals surface area contributed by atoms with Gasteiger partial charge in [0.25, 0.3) is 5.91 Å². The lowest BCUT2D eigenvalue weighted by molar-refractivity contribution is -0.132. The number of aryl methyl sites for hydroxylation is 1. The number of nitrogens with one attached hydrogen (secondary N) is 2. The standard InChI is InChI=1S/C17H19BrN2O3S/c1-12(23-14-6-2-5-13(18)11-14)17(22)20-19-16(21)9-3-7-15-8-4-10-24-15/h2,4-6,8,10-12H,3,7,9H2,1H3,(H,19,21)(H,20,22). The molecule has 0 aliphatic carbocycles. The van der Waals surface area contributed by atoms with E-state index in [0.29, 0.717) is 12.2 Å². The molecule has 0 fully saturated rings. The second-order valence-corrected chi connectivity index (χ2v) is 7.14. The number of halogens is 1. The molecule has 128 valence electrons. The van der Waals surface area contributed by atoms with Gasteiger partial charge in [-0.3, -0.25) is 20.4 Å². The highest BCUT2D eigenvalue weighted by atomic mass is 79.9. The van der Waals surface area contributed by atoms with Gasteiger partial charge >= 0.3 is 0 Å². The van der Waals surface area contributed by atoms with E-state index < -0.39 is 12.0 Å². The molecule has 1 unspecified atom stereocenters. The van der Waals surface area contributed by atoms with Crippen LogP contribution in [-0.2, 0) is 16.0 Å². The number of benzene rings is 1. The van der Waals surface area contributed by atoms with Crippen LogP contribution in [0.2, 0.25) is 0 Å². The van der Waals surface area contributed by atoms with Crippen LogP contribution in [-0.4, -0.2) is 17.9 Å². The summed E-state index contributed by atoms with van der Waals surface area (Å²) in [7, 11) is 0. The van der Waals surface area contributed by atoms with E-state index in [1.54, 1.807) is 30.4 Å². The second-order valence-electron chi connectivity index (χ2n) is 5.19. The fraction of sp³-hybridized carbons (Fsp3) is 0.294. The number of amides is 2. The monoisotopic (exact) mass is 410 g/mol. The van der Waals surface area contributed by atoms with Gasteiger partial charge in [0.2, 0.25) is 5.91 Å². The Kier molecular flexibility index (Phi) is 7.27. The van der Waals surface area contributed by atoms with Gasteiger partial charge in [0.05, 0.1) is 0 Å². The Hall–Kier alpha value is -1.86. The van der Waals surface area contributed by atoms with Gasteiger partial charge < -0.3 is 4.74 Å². The number of carbonyl (C=O) groups excluding carboxylic acids is 2.